The van der Waals surface area contributed by atoms with Gasteiger partial charge in [-0.25, -0.2) is 13.4 Å². The lowest BCUT2D eigenvalue weighted by Crippen LogP contribution is -2.42. The van der Waals surface area contributed by atoms with Crippen LogP contribution in [0.15, 0.2) is 53.6 Å². The van der Waals surface area contributed by atoms with E-state index >= 15 is 0 Å². The molecule has 1 atom stereocenters. The maximum atomic E-state index is 13.8. The van der Waals surface area contributed by atoms with Gasteiger partial charge in [-0.05, 0) is 42.8 Å². The van der Waals surface area contributed by atoms with Gasteiger partial charge in [0.05, 0.1) is 45.8 Å². The highest BCUT2D eigenvalue weighted by Gasteiger charge is 2.33. The molecule has 0 aliphatic carbocycles. The molecule has 0 bridgehead atoms. The Morgan fingerprint density at radius 2 is 1.87 bits per heavy atom. The molecule has 1 amide bonds. The average Bonchev–Trinajstić information content (AvgIpc) is 3.05. The number of pyridine rings is 1. The van der Waals surface area contributed by atoms with E-state index in [1.807, 2.05) is 0 Å². The highest BCUT2D eigenvalue weighted by molar-refractivity contribution is 7.92. The van der Waals surface area contributed by atoms with Gasteiger partial charge in [0, 0.05) is 23.3 Å². The van der Waals surface area contributed by atoms with Crippen LogP contribution in [-0.2, 0) is 16.6 Å². The van der Waals surface area contributed by atoms with Gasteiger partial charge in [0.1, 0.15) is 34.3 Å². The van der Waals surface area contributed by atoms with Crippen LogP contribution >= 0.6 is 11.6 Å². The summed E-state index contributed by atoms with van der Waals surface area (Å²) in [6.07, 6.45) is 1.51. The third-order valence-corrected chi connectivity index (χ3v) is 7.80. The minimum atomic E-state index is -4.16. The largest absolute Gasteiger partial charge is 0.497 e. The molecule has 39 heavy (non-hydrogen) atoms. The highest BCUT2D eigenvalue weighted by Crippen LogP contribution is 2.33. The molecule has 2 aromatic carbocycles. The fourth-order valence-corrected chi connectivity index (χ4v) is 5.65. The van der Waals surface area contributed by atoms with Crippen LogP contribution in [0.4, 0.5) is 5.69 Å². The predicted molar refractivity (Wildman–Crippen MR) is 143 cm³/mol. The molecular formula is C26H28ClN3O8S. The zero-order valence-electron chi connectivity index (χ0n) is 21.5. The van der Waals surface area contributed by atoms with E-state index in [-0.39, 0.29) is 59.0 Å². The molecule has 13 heteroatoms. The van der Waals surface area contributed by atoms with Crippen molar-refractivity contribution in [2.75, 3.05) is 39.3 Å². The standard InChI is InChI=1S/C26H28ClN3O8S/c1-35-20-6-4-16(23(12-20)37-3)14-30-19(8-9-31)15-38-25-21(26(30)32)11-18(13-28-25)29-39(33,34)24-10-17(27)5-7-22(24)36-2/h4-7,10-13,19,29,31H,8-9,14-15H2,1-3H3/t19-/m0/s1. The van der Waals surface area contributed by atoms with E-state index in [1.54, 1.807) is 30.2 Å². The van der Waals surface area contributed by atoms with Crippen LogP contribution in [0.1, 0.15) is 22.3 Å². The Labute approximate surface area is 231 Å². The van der Waals surface area contributed by atoms with Crippen molar-refractivity contribution < 1.29 is 37.3 Å². The van der Waals surface area contributed by atoms with Crippen LogP contribution in [0.3, 0.4) is 0 Å². The minimum absolute atomic E-state index is 0.0373. The van der Waals surface area contributed by atoms with Gasteiger partial charge in [0.25, 0.3) is 15.9 Å². The van der Waals surface area contributed by atoms with Crippen molar-refractivity contribution in [3.8, 4) is 23.1 Å². The van der Waals surface area contributed by atoms with Gasteiger partial charge in [-0.1, -0.05) is 11.6 Å². The van der Waals surface area contributed by atoms with Gasteiger partial charge < -0.3 is 29.0 Å². The van der Waals surface area contributed by atoms with Crippen LogP contribution in [0.2, 0.25) is 5.02 Å². The minimum Gasteiger partial charge on any atom is -0.497 e. The summed E-state index contributed by atoms with van der Waals surface area (Å²) in [6.45, 7) is 0.0402. The Bertz CT molecular complexity index is 1470. The van der Waals surface area contributed by atoms with Crippen molar-refractivity contribution in [1.82, 2.24) is 9.88 Å². The molecule has 1 aromatic heterocycles. The van der Waals surface area contributed by atoms with E-state index in [0.29, 0.717) is 17.1 Å². The number of aromatic nitrogens is 1. The third kappa shape index (κ3) is 6.13. The summed E-state index contributed by atoms with van der Waals surface area (Å²) >= 11 is 6.01. The molecule has 1 aliphatic heterocycles. The van der Waals surface area contributed by atoms with E-state index in [4.69, 9.17) is 30.5 Å². The number of anilines is 1. The molecule has 0 spiro atoms. The van der Waals surface area contributed by atoms with Crippen LogP contribution in [-0.4, -0.2) is 69.9 Å². The maximum Gasteiger partial charge on any atom is 0.265 e. The number of aliphatic hydroxyl groups is 1. The molecule has 0 saturated carbocycles. The van der Waals surface area contributed by atoms with Crippen molar-refractivity contribution in [1.29, 1.82) is 0 Å². The lowest BCUT2D eigenvalue weighted by molar-refractivity contribution is 0.0592. The van der Waals surface area contributed by atoms with Crippen molar-refractivity contribution in [2.45, 2.75) is 23.9 Å². The van der Waals surface area contributed by atoms with Crippen molar-refractivity contribution in [3.63, 3.8) is 0 Å². The Balaban J connectivity index is 1.69. The molecule has 2 heterocycles. The Kier molecular flexibility index (Phi) is 8.68. The number of sulfonamides is 1. The molecule has 11 nitrogen and oxygen atoms in total. The fraction of sp³-hybridized carbons (Fsp3) is 0.308. The van der Waals surface area contributed by atoms with Crippen LogP contribution < -0.4 is 23.7 Å². The predicted octanol–water partition coefficient (Wildman–Crippen LogP) is 3.35. The number of amides is 1. The van der Waals surface area contributed by atoms with Gasteiger partial charge >= 0.3 is 0 Å². The lowest BCUT2D eigenvalue weighted by Gasteiger charge is -2.29. The number of nitrogens with one attached hydrogen (secondary N) is 1. The van der Waals surface area contributed by atoms with Gasteiger partial charge in [0.15, 0.2) is 0 Å². The summed E-state index contributed by atoms with van der Waals surface area (Å²) in [5.41, 5.74) is 0.799. The quantitative estimate of drug-likeness (QED) is 0.371. The van der Waals surface area contributed by atoms with E-state index in [0.717, 1.165) is 0 Å². The fourth-order valence-electron chi connectivity index (χ4n) is 4.19. The zero-order valence-corrected chi connectivity index (χ0v) is 23.1. The number of ether oxygens (including phenoxy) is 4. The monoisotopic (exact) mass is 577 g/mol. The SMILES string of the molecule is COc1ccc(CN2C(=O)c3cc(NS(=O)(=O)c4cc(Cl)ccc4OC)cnc3OC[C@@H]2CCO)c(OC)c1. The maximum absolute atomic E-state index is 13.8. The summed E-state index contributed by atoms with van der Waals surface area (Å²) in [6, 6.07) is 10.3. The number of rotatable bonds is 10. The second kappa shape index (κ2) is 12.0. The first-order valence-electron chi connectivity index (χ1n) is 11.8. The number of aliphatic hydroxyl groups excluding tert-OH is 1. The van der Waals surface area contributed by atoms with E-state index < -0.39 is 22.0 Å². The Morgan fingerprint density at radius 3 is 2.56 bits per heavy atom. The average molecular weight is 578 g/mol. The smallest absolute Gasteiger partial charge is 0.265 e. The first-order valence-corrected chi connectivity index (χ1v) is 13.7. The number of halogens is 1. The van der Waals surface area contributed by atoms with Crippen molar-refractivity contribution in [2.24, 2.45) is 0 Å². The molecule has 3 aromatic rings. The molecule has 4 rings (SSSR count). The highest BCUT2D eigenvalue weighted by atomic mass is 35.5. The number of carbonyl (C=O) groups excluding carboxylic acids is 1. The first kappa shape index (κ1) is 28.3. The number of methoxy groups -OCH3 is 3. The number of hydrogen-bond acceptors (Lipinski definition) is 9. The summed E-state index contributed by atoms with van der Waals surface area (Å²) in [7, 11) is 0.248. The van der Waals surface area contributed by atoms with Crippen molar-refractivity contribution >= 4 is 33.2 Å². The molecule has 0 fully saturated rings. The normalized spacial score (nSPS) is 15.2. The Hall–Kier alpha value is -3.74. The second-order valence-electron chi connectivity index (χ2n) is 8.57. The second-order valence-corrected chi connectivity index (χ2v) is 10.7. The first-order chi connectivity index (χ1) is 18.7. The zero-order chi connectivity index (χ0) is 28.2. The van der Waals surface area contributed by atoms with E-state index in [2.05, 4.69) is 9.71 Å². The summed E-state index contributed by atoms with van der Waals surface area (Å²) < 4.78 is 50.5. The summed E-state index contributed by atoms with van der Waals surface area (Å²) in [5, 5.41) is 9.87. The molecule has 0 saturated heterocycles. The van der Waals surface area contributed by atoms with Gasteiger partial charge in [0.2, 0.25) is 5.88 Å². The number of nitrogens with zero attached hydrogens (tertiary/aromatic N) is 2. The topological polar surface area (TPSA) is 137 Å². The lowest BCUT2D eigenvalue weighted by atomic mass is 10.1. The molecule has 0 unspecified atom stereocenters. The number of hydrogen-bond donors (Lipinski definition) is 2. The van der Waals surface area contributed by atoms with E-state index in [1.165, 1.54) is 44.7 Å². The molecule has 1 aliphatic rings. The van der Waals surface area contributed by atoms with Crippen LogP contribution in [0.5, 0.6) is 23.1 Å². The van der Waals surface area contributed by atoms with Gasteiger partial charge in [-0.3, -0.25) is 9.52 Å². The molecule has 208 valence electrons. The van der Waals surface area contributed by atoms with Gasteiger partial charge in [-0.2, -0.15) is 0 Å². The van der Waals surface area contributed by atoms with Crippen molar-refractivity contribution in [3.05, 3.63) is 64.8 Å². The number of fused-ring (bicyclic) bond motifs is 1. The number of carbonyl (C=O) groups is 1. The molecule has 0 radical (unpaired) electrons. The Morgan fingerprint density at radius 1 is 1.10 bits per heavy atom. The summed E-state index contributed by atoms with van der Waals surface area (Å²) in [5.74, 6) is 0.810. The summed E-state index contributed by atoms with van der Waals surface area (Å²) in [4.78, 5) is 19.4. The third-order valence-electron chi connectivity index (χ3n) is 6.16. The molecular weight excluding hydrogens is 550 g/mol. The van der Waals surface area contributed by atoms with E-state index in [9.17, 15) is 18.3 Å². The molecule has 2 N–H and O–H groups in total. The van der Waals surface area contributed by atoms with Crippen LogP contribution in [0.25, 0.3) is 0 Å². The van der Waals surface area contributed by atoms with Gasteiger partial charge in [-0.15, -0.1) is 0 Å². The van der Waals surface area contributed by atoms with Crippen LogP contribution in [0, 0.1) is 0 Å². The number of benzene rings is 2.